The summed E-state index contributed by atoms with van der Waals surface area (Å²) in [5.74, 6) is 0.708. The summed E-state index contributed by atoms with van der Waals surface area (Å²) in [5, 5.41) is 2.33. The fourth-order valence-electron chi connectivity index (χ4n) is 2.64. The molecule has 0 N–H and O–H groups in total. The quantitative estimate of drug-likeness (QED) is 0.483. The minimum atomic E-state index is 0.708. The molecule has 0 unspecified atom stereocenters. The van der Waals surface area contributed by atoms with E-state index < -0.39 is 0 Å². The maximum Gasteiger partial charge on any atom is 0.192 e. The van der Waals surface area contributed by atoms with Crippen LogP contribution in [0.25, 0.3) is 33.0 Å². The van der Waals surface area contributed by atoms with Gasteiger partial charge >= 0.3 is 0 Å². The van der Waals surface area contributed by atoms with Gasteiger partial charge in [-0.15, -0.1) is 0 Å². The van der Waals surface area contributed by atoms with Gasteiger partial charge in [-0.25, -0.2) is 4.98 Å². The van der Waals surface area contributed by atoms with Crippen LogP contribution in [-0.4, -0.2) is 4.98 Å². The van der Waals surface area contributed by atoms with Gasteiger partial charge < -0.3 is 4.42 Å². The minimum absolute atomic E-state index is 0.708. The third-order valence-electron chi connectivity index (χ3n) is 3.59. The van der Waals surface area contributed by atoms with Crippen molar-refractivity contribution >= 4 is 21.9 Å². The molecule has 4 aromatic rings. The van der Waals surface area contributed by atoms with Crippen molar-refractivity contribution in [3.63, 3.8) is 0 Å². The Hall–Kier alpha value is -2.61. The second-order valence-corrected chi connectivity index (χ2v) is 4.95. The molecule has 1 aromatic heterocycles. The second-order valence-electron chi connectivity index (χ2n) is 4.95. The molecule has 96 valence electrons. The molecule has 3 aromatic carbocycles. The molecular weight excluding hydrogens is 246 g/mol. The van der Waals surface area contributed by atoms with E-state index in [0.717, 1.165) is 16.5 Å². The molecule has 0 saturated carbocycles. The van der Waals surface area contributed by atoms with Crippen molar-refractivity contribution in [2.24, 2.45) is 0 Å². The highest BCUT2D eigenvalue weighted by molar-refractivity contribution is 6.04. The minimum Gasteiger partial charge on any atom is -0.441 e. The van der Waals surface area contributed by atoms with Crippen LogP contribution < -0.4 is 0 Å². The monoisotopic (exact) mass is 259 g/mol. The Morgan fingerprint density at radius 3 is 2.55 bits per heavy atom. The van der Waals surface area contributed by atoms with Crippen LogP contribution >= 0.6 is 0 Å². The summed E-state index contributed by atoms with van der Waals surface area (Å²) < 4.78 is 5.58. The molecule has 0 amide bonds. The Labute approximate surface area is 116 Å². The number of rotatable bonds is 1. The maximum atomic E-state index is 5.58. The Kier molecular flexibility index (Phi) is 2.36. The van der Waals surface area contributed by atoms with E-state index in [0.29, 0.717) is 5.89 Å². The van der Waals surface area contributed by atoms with E-state index >= 15 is 0 Å². The lowest BCUT2D eigenvalue weighted by Crippen LogP contribution is -1.80. The topological polar surface area (TPSA) is 26.0 Å². The van der Waals surface area contributed by atoms with Crippen molar-refractivity contribution in [2.45, 2.75) is 6.92 Å². The average molecular weight is 259 g/mol. The second kappa shape index (κ2) is 4.20. The van der Waals surface area contributed by atoms with Crippen molar-refractivity contribution in [1.82, 2.24) is 4.98 Å². The van der Waals surface area contributed by atoms with Crippen molar-refractivity contribution in [1.29, 1.82) is 0 Å². The smallest absolute Gasteiger partial charge is 0.192 e. The zero-order chi connectivity index (χ0) is 13.5. The molecular formula is C18H13NO. The Morgan fingerprint density at radius 2 is 1.70 bits per heavy atom. The van der Waals surface area contributed by atoms with Crippen molar-refractivity contribution in [3.8, 4) is 11.1 Å². The molecule has 0 spiro atoms. The van der Waals surface area contributed by atoms with E-state index in [1.807, 2.05) is 19.1 Å². The Bertz CT molecular complexity index is 907. The first-order valence-electron chi connectivity index (χ1n) is 6.66. The summed E-state index contributed by atoms with van der Waals surface area (Å²) in [7, 11) is 0. The molecule has 1 heterocycles. The number of aromatic nitrogens is 1. The highest BCUT2D eigenvalue weighted by Crippen LogP contribution is 2.29. The average Bonchev–Trinajstić information content (AvgIpc) is 2.88. The summed E-state index contributed by atoms with van der Waals surface area (Å²) in [6.45, 7) is 1.88. The fourth-order valence-corrected chi connectivity index (χ4v) is 2.64. The van der Waals surface area contributed by atoms with Gasteiger partial charge in [-0.05, 0) is 28.6 Å². The third kappa shape index (κ3) is 1.69. The van der Waals surface area contributed by atoms with Gasteiger partial charge in [-0.1, -0.05) is 48.5 Å². The Balaban J connectivity index is 1.98. The lowest BCUT2D eigenvalue weighted by atomic mass is 10.0. The van der Waals surface area contributed by atoms with Crippen LogP contribution in [0.2, 0.25) is 0 Å². The van der Waals surface area contributed by atoms with Crippen LogP contribution in [0.4, 0.5) is 0 Å². The van der Waals surface area contributed by atoms with Gasteiger partial charge in [0, 0.05) is 12.3 Å². The molecule has 0 aliphatic carbocycles. The molecule has 0 aliphatic heterocycles. The summed E-state index contributed by atoms with van der Waals surface area (Å²) >= 11 is 0. The van der Waals surface area contributed by atoms with E-state index in [1.54, 1.807) is 0 Å². The van der Waals surface area contributed by atoms with Crippen LogP contribution in [-0.2, 0) is 0 Å². The first kappa shape index (κ1) is 11.2. The number of nitrogens with zero attached hydrogens (tertiary/aromatic N) is 1. The largest absolute Gasteiger partial charge is 0.441 e. The predicted molar refractivity (Wildman–Crippen MR) is 81.7 cm³/mol. The van der Waals surface area contributed by atoms with Crippen LogP contribution in [0.3, 0.4) is 0 Å². The zero-order valence-corrected chi connectivity index (χ0v) is 11.1. The molecule has 2 heteroatoms. The number of hydrogen-bond donors (Lipinski definition) is 0. The Morgan fingerprint density at radius 1 is 0.850 bits per heavy atom. The number of benzene rings is 3. The van der Waals surface area contributed by atoms with Gasteiger partial charge in [0.1, 0.15) is 5.52 Å². The molecule has 20 heavy (non-hydrogen) atoms. The van der Waals surface area contributed by atoms with Gasteiger partial charge in [0.25, 0.3) is 0 Å². The maximum absolute atomic E-state index is 5.58. The normalized spacial score (nSPS) is 11.2. The summed E-state index contributed by atoms with van der Waals surface area (Å²) in [6.07, 6.45) is 0. The molecule has 2 nitrogen and oxygen atoms in total. The summed E-state index contributed by atoms with van der Waals surface area (Å²) in [4.78, 5) is 4.48. The molecule has 0 radical (unpaired) electrons. The van der Waals surface area contributed by atoms with Gasteiger partial charge in [0.2, 0.25) is 0 Å². The van der Waals surface area contributed by atoms with Gasteiger partial charge in [0.05, 0.1) is 0 Å². The summed E-state index contributed by atoms with van der Waals surface area (Å²) in [5.41, 5.74) is 4.24. The number of fused-ring (bicyclic) bond motifs is 3. The van der Waals surface area contributed by atoms with Crippen molar-refractivity contribution in [3.05, 3.63) is 66.6 Å². The van der Waals surface area contributed by atoms with Gasteiger partial charge in [0.15, 0.2) is 11.5 Å². The molecule has 0 atom stereocenters. The van der Waals surface area contributed by atoms with Crippen molar-refractivity contribution in [2.75, 3.05) is 0 Å². The molecule has 0 saturated heterocycles. The molecule has 0 bridgehead atoms. The predicted octanol–water partition coefficient (Wildman–Crippen LogP) is 4.96. The fraction of sp³-hybridized carbons (Fsp3) is 0.0556. The van der Waals surface area contributed by atoms with Crippen LogP contribution in [0, 0.1) is 6.92 Å². The SMILES string of the molecule is Cc1nc2c(ccc3cc(-c4ccccc4)ccc32)o1. The van der Waals surface area contributed by atoms with Crippen LogP contribution in [0.5, 0.6) is 0 Å². The first-order valence-corrected chi connectivity index (χ1v) is 6.66. The molecule has 0 aliphatic rings. The standard InChI is InChI=1S/C18H13NO/c1-12-19-18-16-9-7-14(13-5-3-2-4-6-13)11-15(16)8-10-17(18)20-12/h2-11H,1H3. The van der Waals surface area contributed by atoms with Crippen LogP contribution in [0.15, 0.2) is 65.1 Å². The van der Waals surface area contributed by atoms with Gasteiger partial charge in [-0.3, -0.25) is 0 Å². The lowest BCUT2D eigenvalue weighted by molar-refractivity contribution is 0.561. The van der Waals surface area contributed by atoms with E-state index in [4.69, 9.17) is 4.42 Å². The zero-order valence-electron chi connectivity index (χ0n) is 11.1. The third-order valence-corrected chi connectivity index (χ3v) is 3.59. The molecule has 0 fully saturated rings. The van der Waals surface area contributed by atoms with E-state index in [-0.39, 0.29) is 0 Å². The lowest BCUT2D eigenvalue weighted by Gasteiger charge is -2.04. The number of oxazole rings is 1. The first-order chi connectivity index (χ1) is 9.81. The van der Waals surface area contributed by atoms with Crippen molar-refractivity contribution < 1.29 is 4.42 Å². The van der Waals surface area contributed by atoms with Gasteiger partial charge in [-0.2, -0.15) is 0 Å². The number of aryl methyl sites for hydroxylation is 1. The number of hydrogen-bond acceptors (Lipinski definition) is 2. The molecule has 4 rings (SSSR count). The highest BCUT2D eigenvalue weighted by atomic mass is 16.3. The highest BCUT2D eigenvalue weighted by Gasteiger charge is 2.07. The van der Waals surface area contributed by atoms with E-state index in [1.165, 1.54) is 16.5 Å². The van der Waals surface area contributed by atoms with E-state index in [2.05, 4.69) is 53.5 Å². The van der Waals surface area contributed by atoms with E-state index in [9.17, 15) is 0 Å². The van der Waals surface area contributed by atoms with Crippen LogP contribution in [0.1, 0.15) is 5.89 Å². The summed E-state index contributed by atoms with van der Waals surface area (Å²) in [6, 6.07) is 21.0.